The molecule has 1 nitrogen and oxygen atoms in total. The van der Waals surface area contributed by atoms with Crippen LogP contribution in [0.3, 0.4) is 0 Å². The van der Waals surface area contributed by atoms with Crippen molar-refractivity contribution in [3.63, 3.8) is 0 Å². The van der Waals surface area contributed by atoms with Crippen LogP contribution in [0.15, 0.2) is 42.5 Å². The Labute approximate surface area is 127 Å². The second-order valence-corrected chi connectivity index (χ2v) is 4.94. The standard InChI is InChI=1S/C15H11BrF4O/c16-8-10-6-12(17)14(13(18)7-10)21-9-15(19,20)11-4-2-1-3-5-11/h1-7H,8-9H2. The average Bonchev–Trinajstić information content (AvgIpc) is 2.47. The Morgan fingerprint density at radius 3 is 2.10 bits per heavy atom. The maximum atomic E-state index is 13.9. The minimum absolute atomic E-state index is 0.251. The summed E-state index contributed by atoms with van der Waals surface area (Å²) in [4.78, 5) is 0. The van der Waals surface area contributed by atoms with Crippen LogP contribution in [0.5, 0.6) is 5.75 Å². The van der Waals surface area contributed by atoms with E-state index in [1.54, 1.807) is 6.07 Å². The first kappa shape index (κ1) is 15.8. The highest BCUT2D eigenvalue weighted by Crippen LogP contribution is 2.31. The van der Waals surface area contributed by atoms with E-state index in [4.69, 9.17) is 0 Å². The molecule has 2 rings (SSSR count). The number of alkyl halides is 3. The second kappa shape index (κ2) is 6.47. The molecule has 0 aromatic heterocycles. The van der Waals surface area contributed by atoms with E-state index in [1.165, 1.54) is 24.3 Å². The summed E-state index contributed by atoms with van der Waals surface area (Å²) in [5.41, 5.74) is 0.0788. The van der Waals surface area contributed by atoms with Crippen LogP contribution in [0, 0.1) is 11.6 Å². The molecule has 21 heavy (non-hydrogen) atoms. The summed E-state index contributed by atoms with van der Waals surface area (Å²) in [7, 11) is 0. The van der Waals surface area contributed by atoms with E-state index in [0.29, 0.717) is 5.56 Å². The third-order valence-electron chi connectivity index (χ3n) is 2.81. The fourth-order valence-electron chi connectivity index (χ4n) is 1.76. The van der Waals surface area contributed by atoms with Gasteiger partial charge in [-0.2, -0.15) is 8.78 Å². The van der Waals surface area contributed by atoms with Crippen LogP contribution < -0.4 is 4.74 Å². The zero-order valence-corrected chi connectivity index (χ0v) is 12.3. The van der Waals surface area contributed by atoms with Gasteiger partial charge in [-0.15, -0.1) is 0 Å². The normalized spacial score (nSPS) is 11.5. The zero-order valence-electron chi connectivity index (χ0n) is 10.8. The van der Waals surface area contributed by atoms with Crippen LogP contribution >= 0.6 is 15.9 Å². The Balaban J connectivity index is 2.17. The van der Waals surface area contributed by atoms with Crippen molar-refractivity contribution < 1.29 is 22.3 Å². The molecule has 112 valence electrons. The predicted octanol–water partition coefficient (Wildman–Crippen LogP) is 5.03. The Morgan fingerprint density at radius 1 is 1.00 bits per heavy atom. The molecule has 0 saturated heterocycles. The lowest BCUT2D eigenvalue weighted by Crippen LogP contribution is -2.23. The summed E-state index contributed by atoms with van der Waals surface area (Å²) >= 11 is 3.06. The molecule has 0 unspecified atom stereocenters. The number of rotatable bonds is 5. The van der Waals surface area contributed by atoms with E-state index in [9.17, 15) is 17.6 Å². The van der Waals surface area contributed by atoms with Gasteiger partial charge in [0.15, 0.2) is 24.0 Å². The van der Waals surface area contributed by atoms with E-state index in [1.807, 2.05) is 0 Å². The van der Waals surface area contributed by atoms with Gasteiger partial charge in [-0.3, -0.25) is 0 Å². The Morgan fingerprint density at radius 2 is 1.57 bits per heavy atom. The summed E-state index contributed by atoms with van der Waals surface area (Å²) in [5.74, 6) is -6.15. The van der Waals surface area contributed by atoms with Gasteiger partial charge < -0.3 is 4.74 Å². The number of benzene rings is 2. The summed E-state index contributed by atoms with van der Waals surface area (Å²) in [6.45, 7) is -1.14. The highest BCUT2D eigenvalue weighted by molar-refractivity contribution is 9.08. The predicted molar refractivity (Wildman–Crippen MR) is 74.8 cm³/mol. The largest absolute Gasteiger partial charge is 0.481 e. The number of hydrogen-bond donors (Lipinski definition) is 0. The monoisotopic (exact) mass is 362 g/mol. The molecular formula is C15H11BrF4O. The highest BCUT2D eigenvalue weighted by Gasteiger charge is 2.33. The minimum atomic E-state index is -3.34. The summed E-state index contributed by atoms with van der Waals surface area (Å²) in [6.07, 6.45) is 0. The van der Waals surface area contributed by atoms with Crippen LogP contribution in [-0.2, 0) is 11.3 Å². The van der Waals surface area contributed by atoms with E-state index in [0.717, 1.165) is 12.1 Å². The molecule has 0 aliphatic rings. The third kappa shape index (κ3) is 3.75. The Kier molecular flexibility index (Phi) is 4.88. The molecule has 0 amide bonds. The van der Waals surface area contributed by atoms with Crippen LogP contribution in [0.1, 0.15) is 11.1 Å². The van der Waals surface area contributed by atoms with Crippen molar-refractivity contribution in [1.29, 1.82) is 0 Å². The van der Waals surface area contributed by atoms with E-state index in [2.05, 4.69) is 20.7 Å². The Bertz CT molecular complexity index is 593. The minimum Gasteiger partial charge on any atom is -0.481 e. The number of hydrogen-bond acceptors (Lipinski definition) is 1. The van der Waals surface area contributed by atoms with Crippen LogP contribution in [-0.4, -0.2) is 6.61 Å². The van der Waals surface area contributed by atoms with Gasteiger partial charge in [-0.05, 0) is 17.7 Å². The topological polar surface area (TPSA) is 9.23 Å². The van der Waals surface area contributed by atoms with Crippen molar-refractivity contribution >= 4 is 15.9 Å². The number of ether oxygens (including phenoxy) is 1. The lowest BCUT2D eigenvalue weighted by Gasteiger charge is -2.18. The smallest absolute Gasteiger partial charge is 0.306 e. The molecule has 0 heterocycles. The van der Waals surface area contributed by atoms with Gasteiger partial charge in [0.05, 0.1) is 0 Å². The first-order chi connectivity index (χ1) is 9.94. The first-order valence-electron chi connectivity index (χ1n) is 6.04. The quantitative estimate of drug-likeness (QED) is 0.535. The molecule has 0 spiro atoms. The molecule has 0 atom stereocenters. The molecule has 0 saturated carbocycles. The van der Waals surface area contributed by atoms with Gasteiger partial charge in [-0.25, -0.2) is 8.78 Å². The SMILES string of the molecule is Fc1cc(CBr)cc(F)c1OCC(F)(F)c1ccccc1. The van der Waals surface area contributed by atoms with E-state index < -0.39 is 29.9 Å². The van der Waals surface area contributed by atoms with E-state index >= 15 is 0 Å². The van der Waals surface area contributed by atoms with Gasteiger partial charge in [0.25, 0.3) is 0 Å². The van der Waals surface area contributed by atoms with Crippen molar-refractivity contribution in [2.24, 2.45) is 0 Å². The molecule has 0 bridgehead atoms. The fraction of sp³-hybridized carbons (Fsp3) is 0.200. The molecule has 0 aliphatic carbocycles. The lowest BCUT2D eigenvalue weighted by atomic mass is 10.1. The zero-order chi connectivity index (χ0) is 15.5. The summed E-state index contributed by atoms with van der Waals surface area (Å²) in [5, 5.41) is 0.251. The maximum Gasteiger partial charge on any atom is 0.306 e. The average molecular weight is 363 g/mol. The molecule has 0 radical (unpaired) electrons. The fourth-order valence-corrected chi connectivity index (χ4v) is 2.08. The van der Waals surface area contributed by atoms with Crippen molar-refractivity contribution in [2.45, 2.75) is 11.3 Å². The summed E-state index contributed by atoms with van der Waals surface area (Å²) < 4.78 is 59.7. The van der Waals surface area contributed by atoms with Crippen LogP contribution in [0.25, 0.3) is 0 Å². The molecule has 6 heteroatoms. The van der Waals surface area contributed by atoms with Gasteiger partial charge in [-0.1, -0.05) is 46.3 Å². The van der Waals surface area contributed by atoms with Gasteiger partial charge in [0.2, 0.25) is 0 Å². The van der Waals surface area contributed by atoms with Crippen molar-refractivity contribution in [2.75, 3.05) is 6.61 Å². The molecule has 0 fully saturated rings. The molecular weight excluding hydrogens is 352 g/mol. The maximum absolute atomic E-state index is 13.9. The first-order valence-corrected chi connectivity index (χ1v) is 7.16. The Hall–Kier alpha value is -1.56. The van der Waals surface area contributed by atoms with Gasteiger partial charge in [0, 0.05) is 10.9 Å². The van der Waals surface area contributed by atoms with Crippen LogP contribution in [0.4, 0.5) is 17.6 Å². The van der Waals surface area contributed by atoms with Gasteiger partial charge >= 0.3 is 5.92 Å². The lowest BCUT2D eigenvalue weighted by molar-refractivity contribution is -0.0484. The van der Waals surface area contributed by atoms with Gasteiger partial charge in [0.1, 0.15) is 0 Å². The summed E-state index contributed by atoms with van der Waals surface area (Å²) in [6, 6.07) is 9.03. The van der Waals surface area contributed by atoms with Crippen LogP contribution in [0.2, 0.25) is 0 Å². The molecule has 2 aromatic carbocycles. The molecule has 2 aromatic rings. The van der Waals surface area contributed by atoms with Crippen molar-refractivity contribution in [1.82, 2.24) is 0 Å². The number of halogens is 5. The molecule has 0 aliphatic heterocycles. The second-order valence-electron chi connectivity index (χ2n) is 4.38. The van der Waals surface area contributed by atoms with Crippen molar-refractivity contribution in [3.8, 4) is 5.75 Å². The van der Waals surface area contributed by atoms with Crippen molar-refractivity contribution in [3.05, 3.63) is 65.2 Å². The highest BCUT2D eigenvalue weighted by atomic mass is 79.9. The molecule has 0 N–H and O–H groups in total. The van der Waals surface area contributed by atoms with E-state index in [-0.39, 0.29) is 10.9 Å². The third-order valence-corrected chi connectivity index (χ3v) is 3.45.